The molecule has 0 saturated carbocycles. The van der Waals surface area contributed by atoms with Gasteiger partial charge in [-0.15, -0.1) is 0 Å². The van der Waals surface area contributed by atoms with E-state index in [1.165, 1.54) is 39.4 Å². The summed E-state index contributed by atoms with van der Waals surface area (Å²) in [6.07, 6.45) is -2.87. The molecule has 2 aliphatic rings. The molecule has 0 amide bonds. The van der Waals surface area contributed by atoms with Gasteiger partial charge in [0, 0.05) is 33.2 Å². The van der Waals surface area contributed by atoms with Gasteiger partial charge in [-0.2, -0.15) is 14.5 Å². The normalized spacial score (nSPS) is 25.5. The fourth-order valence-electron chi connectivity index (χ4n) is 5.42. The fraction of sp³-hybridized carbons (Fsp3) is 0.577. The Balaban J connectivity index is 1.39. The van der Waals surface area contributed by atoms with Gasteiger partial charge in [-0.3, -0.25) is 14.3 Å². The highest BCUT2D eigenvalue weighted by atomic mass is 32.2. The van der Waals surface area contributed by atoms with Crippen LogP contribution in [-0.2, 0) is 33.1 Å². The van der Waals surface area contributed by atoms with Crippen LogP contribution in [0.4, 0.5) is 0 Å². The van der Waals surface area contributed by atoms with Gasteiger partial charge >= 0.3 is 0 Å². The maximum atomic E-state index is 13.7. The number of nitrogens with zero attached hydrogens (tertiary/aromatic N) is 5. The van der Waals surface area contributed by atoms with Gasteiger partial charge in [-0.1, -0.05) is 13.3 Å². The summed E-state index contributed by atoms with van der Waals surface area (Å²) < 4.78 is 41.0. The second-order valence-electron chi connectivity index (χ2n) is 10.5. The van der Waals surface area contributed by atoms with E-state index in [4.69, 9.17) is 14.3 Å². The number of H-pyrrole nitrogens is 1. The van der Waals surface area contributed by atoms with Gasteiger partial charge in [0.1, 0.15) is 42.0 Å². The molecule has 5 rings (SSSR count). The Hall–Kier alpha value is -3.00. The van der Waals surface area contributed by atoms with Crippen molar-refractivity contribution in [2.45, 2.75) is 48.8 Å². The van der Waals surface area contributed by atoms with Gasteiger partial charge in [-0.25, -0.2) is 13.4 Å². The first-order valence-electron chi connectivity index (χ1n) is 13.8. The van der Waals surface area contributed by atoms with E-state index in [0.29, 0.717) is 28.9 Å². The number of hydrogen-bond acceptors (Lipinski definition) is 13. The molecule has 0 spiro atoms. The van der Waals surface area contributed by atoms with Crippen LogP contribution < -0.4 is 10.3 Å². The van der Waals surface area contributed by atoms with E-state index in [1.807, 2.05) is 6.92 Å². The first kappa shape index (κ1) is 31.4. The summed E-state index contributed by atoms with van der Waals surface area (Å²) in [7, 11) is -0.933. The summed E-state index contributed by atoms with van der Waals surface area (Å²) in [5.74, 6) is -1.55. The van der Waals surface area contributed by atoms with E-state index < -0.39 is 52.9 Å². The quantitative estimate of drug-likeness (QED) is 0.171. The minimum absolute atomic E-state index is 0.00954. The molecule has 0 radical (unpaired) electrons. The standard InChI is InChI=1S/C26H36N6O10S/c1-4-5-17-20-21(30(2)29-17)25(37)28-24(27-20)16-12-15(6-7-18(16)40-3)43(38,39)32-10-8-31(9-11-32)42-26(14-34)23(36)22(35)19(13-33)41-26/h6-7,12,19,22-23,33-36H,4-5,8-11,13-14H2,1-3H3,(H,27,28,37)/t19-,22+,23-,26-/m1/s1. The number of aromatic amines is 1. The molecule has 3 aromatic rings. The average Bonchev–Trinajstić information content (AvgIpc) is 3.45. The van der Waals surface area contributed by atoms with Crippen molar-refractivity contribution in [1.82, 2.24) is 29.1 Å². The summed E-state index contributed by atoms with van der Waals surface area (Å²) in [4.78, 5) is 26.0. The molecule has 2 saturated heterocycles. The van der Waals surface area contributed by atoms with Crippen molar-refractivity contribution in [3.63, 3.8) is 0 Å². The van der Waals surface area contributed by atoms with Crippen LogP contribution in [0.25, 0.3) is 22.4 Å². The minimum atomic E-state index is -4.03. The number of aromatic nitrogens is 4. The van der Waals surface area contributed by atoms with Crippen LogP contribution >= 0.6 is 0 Å². The van der Waals surface area contributed by atoms with Crippen LogP contribution in [0.1, 0.15) is 19.0 Å². The van der Waals surface area contributed by atoms with Crippen LogP contribution in [-0.4, -0.2) is 129 Å². The highest BCUT2D eigenvalue weighted by molar-refractivity contribution is 7.89. The van der Waals surface area contributed by atoms with Crippen molar-refractivity contribution in [3.05, 3.63) is 34.2 Å². The van der Waals surface area contributed by atoms with E-state index in [1.54, 1.807) is 7.05 Å². The van der Waals surface area contributed by atoms with E-state index >= 15 is 0 Å². The number of benzene rings is 1. The number of hydrogen-bond donors (Lipinski definition) is 5. The molecule has 5 N–H and O–H groups in total. The number of aliphatic hydroxyl groups excluding tert-OH is 4. The molecule has 2 aliphatic heterocycles. The minimum Gasteiger partial charge on any atom is -0.496 e. The Labute approximate surface area is 247 Å². The van der Waals surface area contributed by atoms with Gasteiger partial charge in [-0.05, 0) is 24.6 Å². The molecule has 2 fully saturated rings. The molecule has 4 heterocycles. The van der Waals surface area contributed by atoms with Crippen molar-refractivity contribution < 1.29 is 43.2 Å². The zero-order valence-electron chi connectivity index (χ0n) is 24.0. The summed E-state index contributed by atoms with van der Waals surface area (Å²) in [5.41, 5.74) is 1.28. The predicted octanol–water partition coefficient (Wildman–Crippen LogP) is -1.68. The zero-order chi connectivity index (χ0) is 31.1. The number of sulfonamides is 1. The third-order valence-electron chi connectivity index (χ3n) is 7.70. The average molecular weight is 625 g/mol. The molecule has 0 bridgehead atoms. The molecule has 0 aliphatic carbocycles. The Kier molecular flexibility index (Phi) is 8.90. The van der Waals surface area contributed by atoms with E-state index in [0.717, 1.165) is 6.42 Å². The SMILES string of the molecule is CCCc1nn(C)c2c(=O)[nH]c(-c3cc(S(=O)(=O)N4CCN(O[C@@]5(CO)O[C@H](CO)[C@H](O)[C@H]5O)CC4)ccc3OC)nc12. The highest BCUT2D eigenvalue weighted by Gasteiger charge is 2.56. The van der Waals surface area contributed by atoms with Crippen LogP contribution in [0.5, 0.6) is 5.75 Å². The fourth-order valence-corrected chi connectivity index (χ4v) is 6.87. The lowest BCUT2D eigenvalue weighted by Crippen LogP contribution is -2.56. The number of aryl methyl sites for hydroxylation is 2. The summed E-state index contributed by atoms with van der Waals surface area (Å²) >= 11 is 0. The number of hydroxylamine groups is 2. The topological polar surface area (TPSA) is 213 Å². The monoisotopic (exact) mass is 624 g/mol. The second kappa shape index (κ2) is 12.2. The van der Waals surface area contributed by atoms with Crippen LogP contribution in [0.2, 0.25) is 0 Å². The lowest BCUT2D eigenvalue weighted by Gasteiger charge is -2.39. The first-order chi connectivity index (χ1) is 20.5. The van der Waals surface area contributed by atoms with Crippen molar-refractivity contribution in [1.29, 1.82) is 0 Å². The Morgan fingerprint density at radius 3 is 2.51 bits per heavy atom. The molecule has 2 aromatic heterocycles. The maximum absolute atomic E-state index is 13.7. The summed E-state index contributed by atoms with van der Waals surface area (Å²) in [6.45, 7) is 0.661. The number of aliphatic hydroxyl groups is 4. The lowest BCUT2D eigenvalue weighted by molar-refractivity contribution is -0.371. The van der Waals surface area contributed by atoms with Gasteiger partial charge in [0.2, 0.25) is 15.8 Å². The van der Waals surface area contributed by atoms with E-state index in [9.17, 15) is 33.6 Å². The molecular weight excluding hydrogens is 588 g/mol. The number of rotatable bonds is 10. The Morgan fingerprint density at radius 1 is 1.19 bits per heavy atom. The molecule has 1 aromatic carbocycles. The van der Waals surface area contributed by atoms with Crippen molar-refractivity contribution in [3.8, 4) is 17.1 Å². The molecule has 0 unspecified atom stereocenters. The third-order valence-corrected chi connectivity index (χ3v) is 9.60. The predicted molar refractivity (Wildman–Crippen MR) is 150 cm³/mol. The molecule has 16 nitrogen and oxygen atoms in total. The maximum Gasteiger partial charge on any atom is 0.277 e. The van der Waals surface area contributed by atoms with Gasteiger partial charge in [0.05, 0.1) is 29.9 Å². The lowest BCUT2D eigenvalue weighted by atomic mass is 10.1. The van der Waals surface area contributed by atoms with E-state index in [2.05, 4.69) is 15.1 Å². The van der Waals surface area contributed by atoms with Crippen molar-refractivity contribution in [2.24, 2.45) is 7.05 Å². The van der Waals surface area contributed by atoms with Crippen LogP contribution in [0.3, 0.4) is 0 Å². The van der Waals surface area contributed by atoms with Gasteiger partial charge in [0.15, 0.2) is 5.52 Å². The zero-order valence-corrected chi connectivity index (χ0v) is 24.8. The van der Waals surface area contributed by atoms with E-state index in [-0.39, 0.29) is 42.5 Å². The molecule has 43 heavy (non-hydrogen) atoms. The van der Waals surface area contributed by atoms with Crippen molar-refractivity contribution >= 4 is 21.1 Å². The summed E-state index contributed by atoms with van der Waals surface area (Å²) in [6, 6.07) is 4.30. The second-order valence-corrected chi connectivity index (χ2v) is 12.4. The van der Waals surface area contributed by atoms with Crippen LogP contribution in [0.15, 0.2) is 27.9 Å². The third kappa shape index (κ3) is 5.56. The molecule has 17 heteroatoms. The first-order valence-corrected chi connectivity index (χ1v) is 15.3. The van der Waals surface area contributed by atoms with Gasteiger partial charge in [0.25, 0.3) is 5.56 Å². The van der Waals surface area contributed by atoms with Gasteiger partial charge < -0.3 is 34.9 Å². The number of fused-ring (bicyclic) bond motifs is 1. The molecule has 236 valence electrons. The number of methoxy groups -OCH3 is 1. The number of piperazine rings is 1. The number of nitrogens with one attached hydrogen (secondary N) is 1. The highest BCUT2D eigenvalue weighted by Crippen LogP contribution is 2.35. The largest absolute Gasteiger partial charge is 0.496 e. The molecular formula is C26H36N6O10S. The van der Waals surface area contributed by atoms with Crippen molar-refractivity contribution in [2.75, 3.05) is 46.5 Å². The smallest absolute Gasteiger partial charge is 0.277 e. The number of ether oxygens (including phenoxy) is 2. The van der Waals surface area contributed by atoms with Crippen LogP contribution in [0, 0.1) is 0 Å². The summed E-state index contributed by atoms with van der Waals surface area (Å²) in [5, 5.41) is 45.5. The molecule has 4 atom stereocenters. The Bertz CT molecular complexity index is 1640. The Morgan fingerprint density at radius 2 is 1.91 bits per heavy atom.